The molecule has 1 aromatic rings. The SMILES string of the molecule is N#CC1=CN(c2cccc(C3CC3)c2)CN1. The molecule has 16 heavy (non-hydrogen) atoms. The fourth-order valence-electron chi connectivity index (χ4n) is 2.03. The fraction of sp³-hybridized carbons (Fsp3) is 0.308. The summed E-state index contributed by atoms with van der Waals surface area (Å²) in [5.41, 5.74) is 3.23. The van der Waals surface area contributed by atoms with Gasteiger partial charge in [0.1, 0.15) is 11.8 Å². The summed E-state index contributed by atoms with van der Waals surface area (Å²) in [6.45, 7) is 0.691. The summed E-state index contributed by atoms with van der Waals surface area (Å²) in [5, 5.41) is 11.8. The Morgan fingerprint density at radius 1 is 1.38 bits per heavy atom. The molecule has 0 spiro atoms. The molecular weight excluding hydrogens is 198 g/mol. The van der Waals surface area contributed by atoms with E-state index in [1.165, 1.54) is 24.1 Å². The lowest BCUT2D eigenvalue weighted by molar-refractivity contribution is 0.880. The van der Waals surface area contributed by atoms with Crippen LogP contribution in [0, 0.1) is 11.3 Å². The summed E-state index contributed by atoms with van der Waals surface area (Å²) in [6, 6.07) is 10.7. The number of rotatable bonds is 2. The van der Waals surface area contributed by atoms with Crippen molar-refractivity contribution in [3.05, 3.63) is 41.7 Å². The standard InChI is InChI=1S/C13H13N3/c14-7-12-8-16(9-15-12)13-3-1-2-11(6-13)10-4-5-10/h1-3,6,8,10,15H,4-5,9H2. The lowest BCUT2D eigenvalue weighted by Gasteiger charge is -2.15. The van der Waals surface area contributed by atoms with E-state index in [1.54, 1.807) is 0 Å². The van der Waals surface area contributed by atoms with Crippen molar-refractivity contribution in [2.75, 3.05) is 11.6 Å². The zero-order valence-electron chi connectivity index (χ0n) is 8.98. The van der Waals surface area contributed by atoms with Crippen molar-refractivity contribution in [2.45, 2.75) is 18.8 Å². The lowest BCUT2D eigenvalue weighted by atomic mass is 10.1. The largest absolute Gasteiger partial charge is 0.358 e. The number of hydrogen-bond acceptors (Lipinski definition) is 3. The topological polar surface area (TPSA) is 39.1 Å². The van der Waals surface area contributed by atoms with E-state index in [4.69, 9.17) is 5.26 Å². The minimum absolute atomic E-state index is 0.636. The predicted molar refractivity (Wildman–Crippen MR) is 62.6 cm³/mol. The molecule has 1 aromatic carbocycles. The fourth-order valence-corrected chi connectivity index (χ4v) is 2.03. The van der Waals surface area contributed by atoms with E-state index in [2.05, 4.69) is 40.6 Å². The molecule has 3 rings (SSSR count). The summed E-state index contributed by atoms with van der Waals surface area (Å²) in [7, 11) is 0. The molecule has 0 saturated heterocycles. The molecule has 80 valence electrons. The molecule has 0 atom stereocenters. The molecule has 1 saturated carbocycles. The zero-order chi connectivity index (χ0) is 11.0. The minimum atomic E-state index is 0.636. The van der Waals surface area contributed by atoms with Gasteiger partial charge in [-0.15, -0.1) is 0 Å². The van der Waals surface area contributed by atoms with Crippen molar-refractivity contribution in [3.63, 3.8) is 0 Å². The first-order valence-corrected chi connectivity index (χ1v) is 5.59. The van der Waals surface area contributed by atoms with Crippen LogP contribution in [-0.4, -0.2) is 6.67 Å². The van der Waals surface area contributed by atoms with E-state index >= 15 is 0 Å². The van der Waals surface area contributed by atoms with Gasteiger partial charge in [-0.05, 0) is 36.5 Å². The molecule has 0 radical (unpaired) electrons. The number of nitrogens with zero attached hydrogens (tertiary/aromatic N) is 2. The maximum Gasteiger partial charge on any atom is 0.131 e. The Balaban J connectivity index is 1.87. The number of anilines is 1. The van der Waals surface area contributed by atoms with Crippen molar-refractivity contribution in [1.82, 2.24) is 5.32 Å². The van der Waals surface area contributed by atoms with Gasteiger partial charge in [0.15, 0.2) is 0 Å². The van der Waals surface area contributed by atoms with Crippen LogP contribution in [0.25, 0.3) is 0 Å². The summed E-state index contributed by atoms with van der Waals surface area (Å²) >= 11 is 0. The maximum absolute atomic E-state index is 8.78. The van der Waals surface area contributed by atoms with Gasteiger partial charge in [0, 0.05) is 11.9 Å². The van der Waals surface area contributed by atoms with Crippen LogP contribution in [-0.2, 0) is 0 Å². The van der Waals surface area contributed by atoms with Gasteiger partial charge in [0.25, 0.3) is 0 Å². The van der Waals surface area contributed by atoms with Crippen LogP contribution in [0.3, 0.4) is 0 Å². The van der Waals surface area contributed by atoms with Gasteiger partial charge in [0.2, 0.25) is 0 Å². The second-order valence-electron chi connectivity index (χ2n) is 4.33. The molecule has 1 heterocycles. The van der Waals surface area contributed by atoms with Crippen molar-refractivity contribution in [1.29, 1.82) is 5.26 Å². The first kappa shape index (κ1) is 9.29. The number of hydrogen-bond donors (Lipinski definition) is 1. The summed E-state index contributed by atoms with van der Waals surface area (Å²) < 4.78 is 0. The van der Waals surface area contributed by atoms with Crippen LogP contribution in [0.5, 0.6) is 0 Å². The van der Waals surface area contributed by atoms with Crippen molar-refractivity contribution in [3.8, 4) is 6.07 Å². The average Bonchev–Trinajstić information content (AvgIpc) is 3.07. The summed E-state index contributed by atoms with van der Waals surface area (Å²) in [4.78, 5) is 2.07. The van der Waals surface area contributed by atoms with Gasteiger partial charge >= 0.3 is 0 Å². The van der Waals surface area contributed by atoms with E-state index < -0.39 is 0 Å². The third kappa shape index (κ3) is 1.63. The summed E-state index contributed by atoms with van der Waals surface area (Å²) in [6.07, 6.45) is 4.51. The van der Waals surface area contributed by atoms with Gasteiger partial charge in [-0.1, -0.05) is 12.1 Å². The molecule has 0 aromatic heterocycles. The summed E-state index contributed by atoms with van der Waals surface area (Å²) in [5.74, 6) is 0.773. The quantitative estimate of drug-likeness (QED) is 0.815. The molecule has 0 unspecified atom stereocenters. The molecule has 0 bridgehead atoms. The Hall–Kier alpha value is -1.95. The van der Waals surface area contributed by atoms with Crippen LogP contribution >= 0.6 is 0 Å². The Labute approximate surface area is 95.0 Å². The van der Waals surface area contributed by atoms with E-state index in [0.29, 0.717) is 12.4 Å². The smallest absolute Gasteiger partial charge is 0.131 e. The van der Waals surface area contributed by atoms with Crippen LogP contribution in [0.2, 0.25) is 0 Å². The Morgan fingerprint density at radius 2 is 2.25 bits per heavy atom. The van der Waals surface area contributed by atoms with Gasteiger partial charge in [-0.3, -0.25) is 0 Å². The molecule has 1 fully saturated rings. The molecule has 2 aliphatic rings. The van der Waals surface area contributed by atoms with E-state index in [-0.39, 0.29) is 0 Å². The molecule has 1 aliphatic heterocycles. The van der Waals surface area contributed by atoms with Crippen molar-refractivity contribution < 1.29 is 0 Å². The van der Waals surface area contributed by atoms with Crippen LogP contribution in [0.15, 0.2) is 36.2 Å². The first-order valence-electron chi connectivity index (χ1n) is 5.59. The first-order chi connectivity index (χ1) is 7.86. The second-order valence-corrected chi connectivity index (χ2v) is 4.33. The van der Waals surface area contributed by atoms with Crippen LogP contribution in [0.1, 0.15) is 24.3 Å². The zero-order valence-corrected chi connectivity index (χ0v) is 8.98. The Morgan fingerprint density at radius 3 is 2.94 bits per heavy atom. The molecule has 3 heteroatoms. The Kier molecular flexibility index (Phi) is 2.07. The van der Waals surface area contributed by atoms with E-state index in [9.17, 15) is 0 Å². The highest BCUT2D eigenvalue weighted by Gasteiger charge is 2.24. The Bertz CT molecular complexity index is 480. The van der Waals surface area contributed by atoms with E-state index in [0.717, 1.165) is 5.92 Å². The maximum atomic E-state index is 8.78. The third-order valence-electron chi connectivity index (χ3n) is 3.10. The number of nitrogens with one attached hydrogen (secondary N) is 1. The lowest BCUT2D eigenvalue weighted by Crippen LogP contribution is -2.20. The average molecular weight is 211 g/mol. The van der Waals surface area contributed by atoms with Gasteiger partial charge in [-0.2, -0.15) is 5.26 Å². The molecule has 1 aliphatic carbocycles. The number of nitriles is 1. The minimum Gasteiger partial charge on any atom is -0.358 e. The van der Waals surface area contributed by atoms with Gasteiger partial charge in [0.05, 0.1) is 6.67 Å². The van der Waals surface area contributed by atoms with Gasteiger partial charge < -0.3 is 10.2 Å². The third-order valence-corrected chi connectivity index (χ3v) is 3.10. The highest BCUT2D eigenvalue weighted by atomic mass is 15.3. The monoisotopic (exact) mass is 211 g/mol. The molecule has 0 amide bonds. The molecular formula is C13H13N3. The molecule has 1 N–H and O–H groups in total. The predicted octanol–water partition coefficient (Wildman–Crippen LogP) is 2.30. The number of benzene rings is 1. The van der Waals surface area contributed by atoms with Gasteiger partial charge in [-0.25, -0.2) is 0 Å². The molecule has 3 nitrogen and oxygen atoms in total. The van der Waals surface area contributed by atoms with Crippen LogP contribution in [0.4, 0.5) is 5.69 Å². The normalized spacial score (nSPS) is 18.9. The highest BCUT2D eigenvalue weighted by molar-refractivity contribution is 5.54. The van der Waals surface area contributed by atoms with Crippen molar-refractivity contribution >= 4 is 5.69 Å². The van der Waals surface area contributed by atoms with Crippen LogP contribution < -0.4 is 10.2 Å². The second kappa shape index (κ2) is 3.57. The number of allylic oxidation sites excluding steroid dienone is 1. The highest BCUT2D eigenvalue weighted by Crippen LogP contribution is 2.41. The van der Waals surface area contributed by atoms with Crippen molar-refractivity contribution in [2.24, 2.45) is 0 Å². The van der Waals surface area contributed by atoms with E-state index in [1.807, 2.05) is 6.20 Å².